The highest BCUT2D eigenvalue weighted by atomic mass is 32.2. The predicted molar refractivity (Wildman–Crippen MR) is 93.2 cm³/mol. The molecule has 0 N–H and O–H groups in total. The van der Waals surface area contributed by atoms with Crippen molar-refractivity contribution in [3.05, 3.63) is 66.2 Å². The minimum absolute atomic E-state index is 0.562. The van der Waals surface area contributed by atoms with Crippen LogP contribution in [0.4, 0.5) is 0 Å². The highest BCUT2D eigenvalue weighted by molar-refractivity contribution is 8.00. The Balaban J connectivity index is 1.42. The number of benzene rings is 2. The van der Waals surface area contributed by atoms with Gasteiger partial charge in [0.05, 0.1) is 5.71 Å². The quantitative estimate of drug-likeness (QED) is 0.699. The molecule has 1 aliphatic rings. The Morgan fingerprint density at radius 2 is 1.55 bits per heavy atom. The summed E-state index contributed by atoms with van der Waals surface area (Å²) in [5, 5.41) is 5.03. The van der Waals surface area contributed by atoms with E-state index in [0.717, 1.165) is 12.8 Å². The second-order valence-electron chi connectivity index (χ2n) is 5.55. The Kier molecular flexibility index (Phi) is 5.54. The zero-order valence-corrected chi connectivity index (χ0v) is 13.5. The van der Waals surface area contributed by atoms with Crippen LogP contribution in [0.25, 0.3) is 0 Å². The summed E-state index contributed by atoms with van der Waals surface area (Å²) in [6.45, 7) is 0.562. The maximum absolute atomic E-state index is 5.49. The molecule has 2 aromatic carbocycles. The lowest BCUT2D eigenvalue weighted by molar-refractivity contribution is 0.129. The van der Waals surface area contributed by atoms with Crippen molar-refractivity contribution in [3.8, 4) is 0 Å². The van der Waals surface area contributed by atoms with Crippen molar-refractivity contribution in [1.29, 1.82) is 0 Å². The first kappa shape index (κ1) is 15.2. The van der Waals surface area contributed by atoms with E-state index < -0.39 is 0 Å². The molecule has 0 radical (unpaired) electrons. The van der Waals surface area contributed by atoms with E-state index in [9.17, 15) is 0 Å². The predicted octanol–water partition coefficient (Wildman–Crippen LogP) is 5.29. The largest absolute Gasteiger partial charge is 0.391 e. The molecule has 1 saturated carbocycles. The number of oxime groups is 1. The summed E-state index contributed by atoms with van der Waals surface area (Å²) in [5.41, 5.74) is 2.38. The molecule has 0 atom stereocenters. The second-order valence-corrected chi connectivity index (χ2v) is 6.92. The maximum atomic E-state index is 5.49. The molecule has 0 amide bonds. The fourth-order valence-electron chi connectivity index (χ4n) is 2.60. The van der Waals surface area contributed by atoms with Gasteiger partial charge in [-0.1, -0.05) is 53.7 Å². The van der Waals surface area contributed by atoms with Gasteiger partial charge < -0.3 is 4.84 Å². The Bertz CT molecular complexity index is 587. The summed E-state index contributed by atoms with van der Waals surface area (Å²) < 4.78 is 0. The molecule has 2 aromatic rings. The number of hydrogen-bond donors (Lipinski definition) is 0. The van der Waals surface area contributed by atoms with Crippen LogP contribution in [0, 0.1) is 0 Å². The van der Waals surface area contributed by atoms with Gasteiger partial charge in [-0.3, -0.25) is 0 Å². The van der Waals surface area contributed by atoms with E-state index in [4.69, 9.17) is 4.84 Å². The molecule has 0 aliphatic heterocycles. The summed E-state index contributed by atoms with van der Waals surface area (Å²) in [7, 11) is 0. The SMILES string of the molecule is c1ccc(CON=C2CCC(Sc3ccccc3)CC2)cc1. The van der Waals surface area contributed by atoms with Crippen molar-refractivity contribution in [2.24, 2.45) is 5.16 Å². The van der Waals surface area contributed by atoms with E-state index in [2.05, 4.69) is 47.6 Å². The number of thioether (sulfide) groups is 1. The van der Waals surface area contributed by atoms with Crippen molar-refractivity contribution >= 4 is 17.5 Å². The average molecular weight is 311 g/mol. The highest BCUT2D eigenvalue weighted by Crippen LogP contribution is 2.32. The normalized spacial score (nSPS) is 18.0. The summed E-state index contributed by atoms with van der Waals surface area (Å²) >= 11 is 1.99. The molecule has 0 heterocycles. The van der Waals surface area contributed by atoms with Gasteiger partial charge in [-0.05, 0) is 43.4 Å². The van der Waals surface area contributed by atoms with Crippen molar-refractivity contribution in [1.82, 2.24) is 0 Å². The molecule has 1 fully saturated rings. The number of rotatable bonds is 5. The van der Waals surface area contributed by atoms with Gasteiger partial charge in [0, 0.05) is 10.1 Å². The van der Waals surface area contributed by atoms with Gasteiger partial charge in [0.1, 0.15) is 6.61 Å². The Morgan fingerprint density at radius 3 is 2.23 bits per heavy atom. The van der Waals surface area contributed by atoms with Crippen LogP contribution in [0.2, 0.25) is 0 Å². The third-order valence-electron chi connectivity index (χ3n) is 3.82. The molecule has 114 valence electrons. The van der Waals surface area contributed by atoms with Gasteiger partial charge in [-0.2, -0.15) is 0 Å². The van der Waals surface area contributed by atoms with E-state index in [1.807, 2.05) is 30.0 Å². The first-order valence-corrected chi connectivity index (χ1v) is 8.71. The molecule has 1 aliphatic carbocycles. The van der Waals surface area contributed by atoms with Crippen LogP contribution in [-0.2, 0) is 11.4 Å². The summed E-state index contributed by atoms with van der Waals surface area (Å²) in [5.74, 6) is 0. The fraction of sp³-hybridized carbons (Fsp3) is 0.316. The monoisotopic (exact) mass is 311 g/mol. The fourth-order valence-corrected chi connectivity index (χ4v) is 3.77. The van der Waals surface area contributed by atoms with E-state index in [1.165, 1.54) is 29.0 Å². The van der Waals surface area contributed by atoms with E-state index in [1.54, 1.807) is 0 Å². The van der Waals surface area contributed by atoms with Crippen LogP contribution in [0.15, 0.2) is 70.7 Å². The van der Waals surface area contributed by atoms with Gasteiger partial charge in [-0.15, -0.1) is 11.8 Å². The van der Waals surface area contributed by atoms with Crippen molar-refractivity contribution < 1.29 is 4.84 Å². The maximum Gasteiger partial charge on any atom is 0.142 e. The number of hydrogen-bond acceptors (Lipinski definition) is 3. The van der Waals surface area contributed by atoms with Gasteiger partial charge >= 0.3 is 0 Å². The molecule has 0 aromatic heterocycles. The lowest BCUT2D eigenvalue weighted by Gasteiger charge is -2.22. The van der Waals surface area contributed by atoms with Crippen LogP contribution >= 0.6 is 11.8 Å². The summed E-state index contributed by atoms with van der Waals surface area (Å²) in [4.78, 5) is 6.86. The smallest absolute Gasteiger partial charge is 0.142 e. The molecule has 0 unspecified atom stereocenters. The van der Waals surface area contributed by atoms with Crippen LogP contribution < -0.4 is 0 Å². The minimum Gasteiger partial charge on any atom is -0.391 e. The van der Waals surface area contributed by atoms with E-state index in [0.29, 0.717) is 11.9 Å². The van der Waals surface area contributed by atoms with E-state index >= 15 is 0 Å². The van der Waals surface area contributed by atoms with Crippen LogP contribution in [-0.4, -0.2) is 11.0 Å². The Hall–Kier alpha value is -1.74. The second kappa shape index (κ2) is 8.04. The molecule has 22 heavy (non-hydrogen) atoms. The van der Waals surface area contributed by atoms with Gasteiger partial charge in [-0.25, -0.2) is 0 Å². The van der Waals surface area contributed by atoms with Crippen molar-refractivity contribution in [2.45, 2.75) is 42.4 Å². The average Bonchev–Trinajstić information content (AvgIpc) is 2.58. The lowest BCUT2D eigenvalue weighted by Crippen LogP contribution is -2.16. The zero-order chi connectivity index (χ0) is 15.0. The first-order valence-electron chi connectivity index (χ1n) is 7.83. The molecule has 2 nitrogen and oxygen atoms in total. The standard InChI is InChI=1S/C19H21NOS/c1-3-7-16(8-4-1)15-21-20-17-11-13-19(14-12-17)22-18-9-5-2-6-10-18/h1-10,19H,11-15H2. The summed E-state index contributed by atoms with van der Waals surface area (Å²) in [6, 6.07) is 20.9. The Morgan fingerprint density at radius 1 is 0.909 bits per heavy atom. The van der Waals surface area contributed by atoms with Crippen LogP contribution in [0.3, 0.4) is 0 Å². The zero-order valence-electron chi connectivity index (χ0n) is 12.7. The van der Waals surface area contributed by atoms with E-state index in [-0.39, 0.29) is 0 Å². The van der Waals surface area contributed by atoms with Crippen molar-refractivity contribution in [3.63, 3.8) is 0 Å². The molecule has 0 saturated heterocycles. The topological polar surface area (TPSA) is 21.6 Å². The number of nitrogens with zero attached hydrogens (tertiary/aromatic N) is 1. The third kappa shape index (κ3) is 4.63. The van der Waals surface area contributed by atoms with Gasteiger partial charge in [0.25, 0.3) is 0 Å². The first-order chi connectivity index (χ1) is 10.9. The third-order valence-corrected chi connectivity index (χ3v) is 5.17. The molecule has 0 bridgehead atoms. The molecule has 0 spiro atoms. The van der Waals surface area contributed by atoms with Crippen LogP contribution in [0.5, 0.6) is 0 Å². The lowest BCUT2D eigenvalue weighted by atomic mass is 9.98. The minimum atomic E-state index is 0.562. The van der Waals surface area contributed by atoms with Gasteiger partial charge in [0.2, 0.25) is 0 Å². The molecular formula is C19H21NOS. The van der Waals surface area contributed by atoms with Crippen LogP contribution in [0.1, 0.15) is 31.2 Å². The molecule has 3 heteroatoms. The Labute approximate surface area is 136 Å². The molecular weight excluding hydrogens is 290 g/mol. The van der Waals surface area contributed by atoms with Crippen molar-refractivity contribution in [2.75, 3.05) is 0 Å². The summed E-state index contributed by atoms with van der Waals surface area (Å²) in [6.07, 6.45) is 4.48. The molecule has 3 rings (SSSR count). The highest BCUT2D eigenvalue weighted by Gasteiger charge is 2.18. The van der Waals surface area contributed by atoms with Gasteiger partial charge in [0.15, 0.2) is 0 Å².